The predicted molar refractivity (Wildman–Crippen MR) is 137 cm³/mol. The van der Waals surface area contributed by atoms with Gasteiger partial charge in [-0.1, -0.05) is 47.8 Å². The van der Waals surface area contributed by atoms with Gasteiger partial charge in [0.2, 0.25) is 12.1 Å². The van der Waals surface area contributed by atoms with Crippen LogP contribution in [0.2, 0.25) is 0 Å². The van der Waals surface area contributed by atoms with E-state index in [1.165, 1.54) is 13.8 Å². The molecular formula is C22H29Br3O13. The van der Waals surface area contributed by atoms with Crippen molar-refractivity contribution in [1.82, 2.24) is 0 Å². The Labute approximate surface area is 244 Å². The van der Waals surface area contributed by atoms with Crippen LogP contribution in [0.5, 0.6) is 0 Å². The maximum atomic E-state index is 12.0. The van der Waals surface area contributed by atoms with Crippen LogP contribution < -0.4 is 0 Å². The van der Waals surface area contributed by atoms with Gasteiger partial charge >= 0.3 is 29.8 Å². The van der Waals surface area contributed by atoms with Crippen molar-refractivity contribution in [3.8, 4) is 0 Å². The molecule has 0 aromatic rings. The Morgan fingerprint density at radius 1 is 0.737 bits per heavy atom. The Morgan fingerprint density at radius 3 is 1.74 bits per heavy atom. The summed E-state index contributed by atoms with van der Waals surface area (Å²) in [5.74, 6) is -5.23. The summed E-state index contributed by atoms with van der Waals surface area (Å²) >= 11 is 10.0. The Bertz CT molecular complexity index is 902. The first-order valence-electron chi connectivity index (χ1n) is 11.3. The monoisotopic (exact) mass is 738 g/mol. The second kappa shape index (κ2) is 14.3. The first kappa shape index (κ1) is 32.9. The molecule has 0 aromatic heterocycles. The molecule has 38 heavy (non-hydrogen) atoms. The maximum Gasteiger partial charge on any atom is 0.303 e. The molecule has 2 rings (SSSR count). The van der Waals surface area contributed by atoms with E-state index in [0.717, 1.165) is 20.8 Å². The lowest BCUT2D eigenvalue weighted by Crippen LogP contribution is -2.63. The minimum absolute atomic E-state index is 0.129. The molecule has 0 aromatic carbocycles. The van der Waals surface area contributed by atoms with E-state index in [1.807, 2.05) is 0 Å². The molecule has 216 valence electrons. The van der Waals surface area contributed by atoms with Gasteiger partial charge in [0.05, 0.1) is 10.2 Å². The molecule has 0 N–H and O–H groups in total. The van der Waals surface area contributed by atoms with Crippen molar-refractivity contribution in [1.29, 1.82) is 0 Å². The maximum absolute atomic E-state index is 12.0. The third kappa shape index (κ3) is 8.34. The smallest absolute Gasteiger partial charge is 0.303 e. The van der Waals surface area contributed by atoms with Gasteiger partial charge in [-0.05, 0) is 0 Å². The highest BCUT2D eigenvalue weighted by Gasteiger charge is 2.62. The normalized spacial score (nSPS) is 34.6. The van der Waals surface area contributed by atoms with Gasteiger partial charge < -0.3 is 37.9 Å². The molecule has 0 aliphatic carbocycles. The summed E-state index contributed by atoms with van der Waals surface area (Å²) in [6.07, 6.45) is -8.17. The van der Waals surface area contributed by atoms with Gasteiger partial charge in [-0.3, -0.25) is 24.0 Å². The van der Waals surface area contributed by atoms with Crippen LogP contribution >= 0.6 is 47.8 Å². The fraction of sp³-hybridized carbons (Fsp3) is 0.773. The van der Waals surface area contributed by atoms with Crippen LogP contribution in [0.15, 0.2) is 0 Å². The zero-order valence-corrected chi connectivity index (χ0v) is 25.9. The molecule has 0 unspecified atom stereocenters. The van der Waals surface area contributed by atoms with Crippen LogP contribution in [0.4, 0.5) is 0 Å². The standard InChI is InChI=1S/C22H29Br3O13/c1-9(26)31-7-15-16(25)18(33-11(3)28)19(34-12(4)29)21(36-15)38-22(8-24)20(35-13(5)30)17(32-10(2)27)14(6-23)37-22/h14-21H,6-8H2,1-5H3/t14-,15-,16-,17-,18+,19-,20+,21-,22+/m1/s1. The molecule has 2 heterocycles. The molecule has 0 radical (unpaired) electrons. The number of hydrogen-bond acceptors (Lipinski definition) is 13. The minimum Gasteiger partial charge on any atom is -0.463 e. The SMILES string of the molecule is CC(=O)OC[C@H]1O[C@H](O[C@]2(CBr)O[C@H](CBr)[C@@H](OC(C)=O)[C@@H]2OC(C)=O)[C@H](OC(C)=O)[C@@H](OC(C)=O)[C@@H]1Br. The van der Waals surface area contributed by atoms with E-state index >= 15 is 0 Å². The highest BCUT2D eigenvalue weighted by molar-refractivity contribution is 9.09. The lowest BCUT2D eigenvalue weighted by Gasteiger charge is -2.45. The lowest BCUT2D eigenvalue weighted by molar-refractivity contribution is -0.357. The summed E-state index contributed by atoms with van der Waals surface area (Å²) in [6.45, 7) is 5.58. The van der Waals surface area contributed by atoms with E-state index in [2.05, 4.69) is 47.8 Å². The first-order chi connectivity index (χ1) is 17.7. The molecule has 2 fully saturated rings. The number of alkyl halides is 3. The number of carbonyl (C=O) groups is 5. The quantitative estimate of drug-likeness (QED) is 0.181. The molecule has 0 saturated carbocycles. The van der Waals surface area contributed by atoms with E-state index < -0.39 is 83.4 Å². The van der Waals surface area contributed by atoms with Crippen molar-refractivity contribution in [2.75, 3.05) is 17.3 Å². The second-order valence-corrected chi connectivity index (χ2v) is 10.7. The van der Waals surface area contributed by atoms with Gasteiger partial charge in [-0.15, -0.1) is 0 Å². The van der Waals surface area contributed by atoms with Crippen molar-refractivity contribution in [3.05, 3.63) is 0 Å². The van der Waals surface area contributed by atoms with Crippen molar-refractivity contribution >= 4 is 77.6 Å². The van der Waals surface area contributed by atoms with Gasteiger partial charge in [0.1, 0.15) is 18.8 Å². The molecule has 0 bridgehead atoms. The number of carbonyl (C=O) groups excluding carboxylic acids is 5. The third-order valence-corrected chi connectivity index (χ3v) is 7.85. The largest absolute Gasteiger partial charge is 0.463 e. The van der Waals surface area contributed by atoms with E-state index in [0.29, 0.717) is 0 Å². The number of ether oxygens (including phenoxy) is 8. The first-order valence-corrected chi connectivity index (χ1v) is 14.5. The van der Waals surface area contributed by atoms with E-state index in [-0.39, 0.29) is 17.3 Å². The zero-order valence-electron chi connectivity index (χ0n) is 21.2. The van der Waals surface area contributed by atoms with Crippen LogP contribution in [0, 0.1) is 0 Å². The second-order valence-electron chi connectivity index (χ2n) is 8.42. The summed E-state index contributed by atoms with van der Waals surface area (Å²) < 4.78 is 45.3. The van der Waals surface area contributed by atoms with Gasteiger partial charge in [0, 0.05) is 39.9 Å². The van der Waals surface area contributed by atoms with Crippen LogP contribution in [0.3, 0.4) is 0 Å². The summed E-state index contributed by atoms with van der Waals surface area (Å²) in [4.78, 5) is 58.5. The molecule has 0 spiro atoms. The lowest BCUT2D eigenvalue weighted by atomic mass is 10.0. The van der Waals surface area contributed by atoms with Gasteiger partial charge in [0.25, 0.3) is 0 Å². The molecule has 2 saturated heterocycles. The summed E-state index contributed by atoms with van der Waals surface area (Å²) in [6, 6.07) is 0. The number of hydrogen-bond donors (Lipinski definition) is 0. The van der Waals surface area contributed by atoms with Crippen molar-refractivity contribution in [3.63, 3.8) is 0 Å². The fourth-order valence-electron chi connectivity index (χ4n) is 3.99. The van der Waals surface area contributed by atoms with Crippen molar-refractivity contribution in [2.24, 2.45) is 0 Å². The summed E-state index contributed by atoms with van der Waals surface area (Å²) in [7, 11) is 0. The van der Waals surface area contributed by atoms with E-state index in [4.69, 9.17) is 37.9 Å². The van der Waals surface area contributed by atoms with Crippen LogP contribution in [-0.2, 0) is 61.9 Å². The molecular weight excluding hydrogens is 712 g/mol. The van der Waals surface area contributed by atoms with Gasteiger partial charge in [-0.2, -0.15) is 0 Å². The summed E-state index contributed by atoms with van der Waals surface area (Å²) in [5, 5.41) is 0.0325. The van der Waals surface area contributed by atoms with Gasteiger partial charge in [-0.25, -0.2) is 0 Å². The minimum atomic E-state index is -1.83. The summed E-state index contributed by atoms with van der Waals surface area (Å²) in [5.41, 5.74) is 0. The van der Waals surface area contributed by atoms with Crippen LogP contribution in [-0.4, -0.2) is 101 Å². The highest BCUT2D eigenvalue weighted by atomic mass is 79.9. The fourth-order valence-corrected chi connectivity index (χ4v) is 5.76. The molecule has 9 atom stereocenters. The van der Waals surface area contributed by atoms with E-state index in [1.54, 1.807) is 0 Å². The Balaban J connectivity index is 2.55. The van der Waals surface area contributed by atoms with Crippen LogP contribution in [0.25, 0.3) is 0 Å². The average molecular weight is 741 g/mol. The Hall–Kier alpha value is -1.33. The van der Waals surface area contributed by atoms with Crippen molar-refractivity contribution in [2.45, 2.75) is 88.1 Å². The molecule has 0 amide bonds. The number of halogens is 3. The van der Waals surface area contributed by atoms with Crippen LogP contribution in [0.1, 0.15) is 34.6 Å². The number of esters is 5. The average Bonchev–Trinajstić information content (AvgIpc) is 3.08. The molecule has 2 aliphatic rings. The molecule has 16 heteroatoms. The zero-order chi connectivity index (χ0) is 28.8. The van der Waals surface area contributed by atoms with Crippen molar-refractivity contribution < 1.29 is 61.9 Å². The number of rotatable bonds is 10. The Kier molecular flexibility index (Phi) is 12.4. The Morgan fingerprint density at radius 2 is 1.26 bits per heavy atom. The molecule has 13 nitrogen and oxygen atoms in total. The van der Waals surface area contributed by atoms with E-state index in [9.17, 15) is 24.0 Å². The highest BCUT2D eigenvalue weighted by Crippen LogP contribution is 2.42. The predicted octanol–water partition coefficient (Wildman–Crippen LogP) is 1.67. The topological polar surface area (TPSA) is 159 Å². The van der Waals surface area contributed by atoms with Gasteiger partial charge in [0.15, 0.2) is 24.4 Å². The molecule has 2 aliphatic heterocycles. The third-order valence-electron chi connectivity index (χ3n) is 5.32.